The van der Waals surface area contributed by atoms with Gasteiger partial charge in [-0.25, -0.2) is 0 Å². The van der Waals surface area contributed by atoms with Gasteiger partial charge >= 0.3 is 0 Å². The summed E-state index contributed by atoms with van der Waals surface area (Å²) < 4.78 is 1.47. The van der Waals surface area contributed by atoms with Crippen molar-refractivity contribution < 1.29 is 0 Å². The van der Waals surface area contributed by atoms with Crippen LogP contribution in [0.4, 0.5) is 0 Å². The zero-order chi connectivity index (χ0) is 13.1. The van der Waals surface area contributed by atoms with Crippen molar-refractivity contribution in [3.05, 3.63) is 35.2 Å². The second-order valence-electron chi connectivity index (χ2n) is 5.76. The molecule has 1 aliphatic carbocycles. The topological polar surface area (TPSA) is 12.0 Å². The van der Waals surface area contributed by atoms with Crippen LogP contribution in [-0.4, -0.2) is 7.05 Å². The molecule has 1 heterocycles. The minimum atomic E-state index is 0.517. The van der Waals surface area contributed by atoms with Crippen molar-refractivity contribution in [2.24, 2.45) is 5.92 Å². The number of nitrogens with one attached hydrogen (secondary N) is 1. The number of benzene rings is 1. The van der Waals surface area contributed by atoms with Crippen LogP contribution in [0, 0.1) is 5.92 Å². The zero-order valence-electron chi connectivity index (χ0n) is 11.7. The van der Waals surface area contributed by atoms with Crippen LogP contribution in [0.1, 0.15) is 50.1 Å². The Morgan fingerprint density at radius 3 is 2.89 bits per heavy atom. The van der Waals surface area contributed by atoms with Crippen molar-refractivity contribution in [2.75, 3.05) is 7.05 Å². The lowest BCUT2D eigenvalue weighted by Crippen LogP contribution is -2.17. The summed E-state index contributed by atoms with van der Waals surface area (Å²) in [5.41, 5.74) is 1.49. The smallest absolute Gasteiger partial charge is 0.0390 e. The summed E-state index contributed by atoms with van der Waals surface area (Å²) in [6.07, 6.45) is 8.48. The van der Waals surface area contributed by atoms with E-state index in [0.29, 0.717) is 6.04 Å². The Kier molecular flexibility index (Phi) is 4.19. The van der Waals surface area contributed by atoms with Crippen molar-refractivity contribution in [1.82, 2.24) is 5.32 Å². The van der Waals surface area contributed by atoms with Gasteiger partial charge in [-0.15, -0.1) is 11.3 Å². The van der Waals surface area contributed by atoms with Gasteiger partial charge in [0.2, 0.25) is 0 Å². The molecule has 2 heteroatoms. The van der Waals surface area contributed by atoms with E-state index in [0.717, 1.165) is 5.92 Å². The van der Waals surface area contributed by atoms with Gasteiger partial charge in [-0.2, -0.15) is 0 Å². The minimum absolute atomic E-state index is 0.517. The highest BCUT2D eigenvalue weighted by molar-refractivity contribution is 7.17. The summed E-state index contributed by atoms with van der Waals surface area (Å²) in [4.78, 5) is 0. The molecule has 1 aromatic heterocycles. The monoisotopic (exact) mass is 273 g/mol. The molecule has 1 N–H and O–H groups in total. The third-order valence-corrected chi connectivity index (χ3v) is 5.55. The fourth-order valence-corrected chi connectivity index (χ4v) is 4.42. The number of hydrogen-bond donors (Lipinski definition) is 1. The Morgan fingerprint density at radius 2 is 2.11 bits per heavy atom. The molecule has 1 saturated carbocycles. The van der Waals surface area contributed by atoms with E-state index < -0.39 is 0 Å². The lowest BCUT2D eigenvalue weighted by molar-refractivity contribution is 0.429. The molecule has 1 atom stereocenters. The molecule has 0 aliphatic heterocycles. The van der Waals surface area contributed by atoms with Gasteiger partial charge in [0.25, 0.3) is 0 Å². The van der Waals surface area contributed by atoms with Crippen molar-refractivity contribution >= 4 is 21.4 Å². The number of fused-ring (bicyclic) bond motifs is 1. The van der Waals surface area contributed by atoms with E-state index in [9.17, 15) is 0 Å². The van der Waals surface area contributed by atoms with Gasteiger partial charge in [0.15, 0.2) is 0 Å². The first-order chi connectivity index (χ1) is 9.38. The molecule has 102 valence electrons. The van der Waals surface area contributed by atoms with Gasteiger partial charge in [0, 0.05) is 10.7 Å². The molecule has 3 rings (SSSR count). The summed E-state index contributed by atoms with van der Waals surface area (Å²) in [5.74, 6) is 0.985. The standard InChI is InChI=1S/C17H23NS/c1-18-16(10-9-13-5-2-3-6-13)15-8-4-7-14-11-12-19-17(14)15/h4,7-8,11-13,16,18H,2-3,5-6,9-10H2,1H3. The molecule has 0 amide bonds. The maximum Gasteiger partial charge on any atom is 0.0390 e. The molecule has 0 bridgehead atoms. The van der Waals surface area contributed by atoms with Gasteiger partial charge in [-0.05, 0) is 48.2 Å². The third-order valence-electron chi connectivity index (χ3n) is 4.57. The third kappa shape index (κ3) is 2.85. The van der Waals surface area contributed by atoms with Crippen molar-refractivity contribution in [1.29, 1.82) is 0 Å². The van der Waals surface area contributed by atoms with Crippen molar-refractivity contribution in [3.8, 4) is 0 Å². The second-order valence-corrected chi connectivity index (χ2v) is 6.67. The largest absolute Gasteiger partial charge is 0.313 e. The Morgan fingerprint density at radius 1 is 1.26 bits per heavy atom. The van der Waals surface area contributed by atoms with Crippen LogP contribution in [0.15, 0.2) is 29.6 Å². The molecule has 0 saturated heterocycles. The lowest BCUT2D eigenvalue weighted by Gasteiger charge is -2.19. The molecule has 1 aliphatic rings. The van der Waals surface area contributed by atoms with E-state index >= 15 is 0 Å². The predicted molar refractivity (Wildman–Crippen MR) is 84.8 cm³/mol. The Labute approximate surface area is 120 Å². The molecule has 0 spiro atoms. The van der Waals surface area contributed by atoms with E-state index in [1.807, 2.05) is 11.3 Å². The highest BCUT2D eigenvalue weighted by Gasteiger charge is 2.18. The van der Waals surface area contributed by atoms with Crippen LogP contribution >= 0.6 is 11.3 Å². The van der Waals surface area contributed by atoms with Gasteiger partial charge in [0.1, 0.15) is 0 Å². The average Bonchev–Trinajstić information content (AvgIpc) is 3.10. The number of thiophene rings is 1. The van der Waals surface area contributed by atoms with Gasteiger partial charge < -0.3 is 5.32 Å². The van der Waals surface area contributed by atoms with Crippen LogP contribution in [0.5, 0.6) is 0 Å². The predicted octanol–water partition coefficient (Wildman–Crippen LogP) is 5.13. The van der Waals surface area contributed by atoms with Crippen molar-refractivity contribution in [2.45, 2.75) is 44.6 Å². The van der Waals surface area contributed by atoms with Crippen LogP contribution in [0.3, 0.4) is 0 Å². The SMILES string of the molecule is CNC(CCC1CCCC1)c1cccc2ccsc12. The quantitative estimate of drug-likeness (QED) is 0.796. The summed E-state index contributed by atoms with van der Waals surface area (Å²) in [6, 6.07) is 9.47. The molecule has 2 aromatic rings. The van der Waals surface area contributed by atoms with Crippen LogP contribution in [-0.2, 0) is 0 Å². The Bertz CT molecular complexity index is 525. The Balaban J connectivity index is 1.75. The molecular weight excluding hydrogens is 250 g/mol. The van der Waals surface area contributed by atoms with Gasteiger partial charge in [-0.1, -0.05) is 43.9 Å². The fraction of sp³-hybridized carbons (Fsp3) is 0.529. The maximum absolute atomic E-state index is 3.53. The first-order valence-electron chi connectivity index (χ1n) is 7.52. The van der Waals surface area contributed by atoms with E-state index in [-0.39, 0.29) is 0 Å². The van der Waals surface area contributed by atoms with E-state index in [2.05, 4.69) is 42.0 Å². The maximum atomic E-state index is 3.53. The van der Waals surface area contributed by atoms with E-state index in [4.69, 9.17) is 0 Å². The average molecular weight is 273 g/mol. The first kappa shape index (κ1) is 13.1. The zero-order valence-corrected chi connectivity index (χ0v) is 12.5. The van der Waals surface area contributed by atoms with E-state index in [1.54, 1.807) is 0 Å². The highest BCUT2D eigenvalue weighted by atomic mass is 32.1. The normalized spacial score (nSPS) is 18.2. The lowest BCUT2D eigenvalue weighted by atomic mass is 9.94. The van der Waals surface area contributed by atoms with Crippen LogP contribution in [0.2, 0.25) is 0 Å². The number of hydrogen-bond acceptors (Lipinski definition) is 2. The van der Waals surface area contributed by atoms with Crippen molar-refractivity contribution in [3.63, 3.8) is 0 Å². The molecule has 19 heavy (non-hydrogen) atoms. The molecule has 0 radical (unpaired) electrons. The first-order valence-corrected chi connectivity index (χ1v) is 8.40. The summed E-state index contributed by atoms with van der Waals surface area (Å²) in [6.45, 7) is 0. The second kappa shape index (κ2) is 6.06. The fourth-order valence-electron chi connectivity index (χ4n) is 3.45. The van der Waals surface area contributed by atoms with Gasteiger partial charge in [-0.3, -0.25) is 0 Å². The van der Waals surface area contributed by atoms with Gasteiger partial charge in [0.05, 0.1) is 0 Å². The van der Waals surface area contributed by atoms with Crippen LogP contribution < -0.4 is 5.32 Å². The molecule has 1 nitrogen and oxygen atoms in total. The van der Waals surface area contributed by atoms with Crippen LogP contribution in [0.25, 0.3) is 10.1 Å². The molecular formula is C17H23NS. The Hall–Kier alpha value is -0.860. The molecule has 1 unspecified atom stereocenters. The molecule has 1 aromatic carbocycles. The number of rotatable bonds is 5. The van der Waals surface area contributed by atoms with E-state index in [1.165, 1.54) is 54.2 Å². The summed E-state index contributed by atoms with van der Waals surface area (Å²) in [7, 11) is 2.10. The highest BCUT2D eigenvalue weighted by Crippen LogP contribution is 2.34. The summed E-state index contributed by atoms with van der Waals surface area (Å²) >= 11 is 1.88. The molecule has 1 fully saturated rings. The minimum Gasteiger partial charge on any atom is -0.313 e. The summed E-state index contributed by atoms with van der Waals surface area (Å²) in [5, 5.41) is 7.13.